The first-order chi connectivity index (χ1) is 9.61. The van der Waals surface area contributed by atoms with Crippen LogP contribution in [0, 0.1) is 11.3 Å². The molecule has 2 aromatic carbocycles. The highest BCUT2D eigenvalue weighted by molar-refractivity contribution is 9.10. The molecule has 0 saturated carbocycles. The zero-order chi connectivity index (χ0) is 14.5. The lowest BCUT2D eigenvalue weighted by Crippen LogP contribution is -2.09. The third-order valence-corrected chi connectivity index (χ3v) is 3.93. The molecule has 0 saturated heterocycles. The molecule has 0 bridgehead atoms. The lowest BCUT2D eigenvalue weighted by Gasteiger charge is -2.15. The van der Waals surface area contributed by atoms with Crippen LogP contribution in [0.4, 0.5) is 5.69 Å². The maximum absolute atomic E-state index is 9.38. The highest BCUT2D eigenvalue weighted by atomic mass is 79.9. The van der Waals surface area contributed by atoms with Gasteiger partial charge in [0, 0.05) is 10.2 Å². The van der Waals surface area contributed by atoms with Crippen LogP contribution in [0.3, 0.4) is 0 Å². The van der Waals surface area contributed by atoms with Crippen LogP contribution in [0.5, 0.6) is 0 Å². The van der Waals surface area contributed by atoms with Crippen LogP contribution >= 0.6 is 15.9 Å². The molecular weight excluding hydrogens is 312 g/mol. The van der Waals surface area contributed by atoms with Crippen molar-refractivity contribution in [2.45, 2.75) is 25.8 Å². The molecule has 1 atom stereocenters. The fourth-order valence-electron chi connectivity index (χ4n) is 2.00. The molecule has 102 valence electrons. The minimum absolute atomic E-state index is 0.352. The van der Waals surface area contributed by atoms with Crippen LogP contribution < -0.4 is 5.32 Å². The van der Waals surface area contributed by atoms with E-state index in [-0.39, 0.29) is 6.04 Å². The average molecular weight is 329 g/mol. The Labute approximate surface area is 128 Å². The van der Waals surface area contributed by atoms with Crippen molar-refractivity contribution in [1.82, 2.24) is 0 Å². The molecule has 20 heavy (non-hydrogen) atoms. The molecule has 2 nitrogen and oxygen atoms in total. The fourth-order valence-corrected chi connectivity index (χ4v) is 2.40. The maximum Gasteiger partial charge on any atom is 0.140 e. The Morgan fingerprint density at radius 3 is 2.15 bits per heavy atom. The zero-order valence-electron chi connectivity index (χ0n) is 11.6. The summed E-state index contributed by atoms with van der Waals surface area (Å²) < 4.78 is 0.957. The Balaban J connectivity index is 2.21. The Morgan fingerprint density at radius 2 is 1.60 bits per heavy atom. The number of halogens is 1. The van der Waals surface area contributed by atoms with Gasteiger partial charge in [0.05, 0.1) is 6.07 Å². The highest BCUT2D eigenvalue weighted by Gasteiger charge is 2.12. The summed E-state index contributed by atoms with van der Waals surface area (Å²) in [4.78, 5) is 0. The number of nitrogens with zero attached hydrogens (tertiary/aromatic N) is 1. The molecular formula is C17H17BrN2. The first kappa shape index (κ1) is 14.6. The van der Waals surface area contributed by atoms with Gasteiger partial charge < -0.3 is 5.32 Å². The standard InChI is InChI=1S/C17H17BrN2/c1-12(2)13-7-9-14(10-8-13)17(11-19)20-16-6-4-3-5-15(16)18/h3-10,12,17,20H,1-2H3. The molecule has 2 aromatic rings. The third-order valence-electron chi connectivity index (χ3n) is 3.24. The van der Waals surface area contributed by atoms with E-state index in [0.717, 1.165) is 15.7 Å². The van der Waals surface area contributed by atoms with Crippen LogP contribution in [-0.2, 0) is 0 Å². The molecule has 0 aliphatic carbocycles. The lowest BCUT2D eigenvalue weighted by molar-refractivity contribution is 0.863. The Bertz CT molecular complexity index is 612. The van der Waals surface area contributed by atoms with Gasteiger partial charge in [0.2, 0.25) is 0 Å². The number of benzene rings is 2. The molecule has 0 heterocycles. The summed E-state index contributed by atoms with van der Waals surface area (Å²) in [6, 6.07) is 18.0. The molecule has 0 aromatic heterocycles. The van der Waals surface area contributed by atoms with Gasteiger partial charge in [0.25, 0.3) is 0 Å². The molecule has 0 aliphatic heterocycles. The summed E-state index contributed by atoms with van der Waals surface area (Å²) >= 11 is 3.49. The van der Waals surface area contributed by atoms with Gasteiger partial charge in [-0.25, -0.2) is 0 Å². The molecule has 0 amide bonds. The summed E-state index contributed by atoms with van der Waals surface area (Å²) in [5.74, 6) is 0.501. The van der Waals surface area contributed by atoms with Crippen molar-refractivity contribution in [2.24, 2.45) is 0 Å². The van der Waals surface area contributed by atoms with Crippen molar-refractivity contribution in [3.63, 3.8) is 0 Å². The molecule has 1 unspecified atom stereocenters. The van der Waals surface area contributed by atoms with E-state index in [1.807, 2.05) is 36.4 Å². The van der Waals surface area contributed by atoms with E-state index in [0.29, 0.717) is 5.92 Å². The zero-order valence-corrected chi connectivity index (χ0v) is 13.2. The maximum atomic E-state index is 9.38. The average Bonchev–Trinajstić information content (AvgIpc) is 2.46. The van der Waals surface area contributed by atoms with E-state index >= 15 is 0 Å². The smallest absolute Gasteiger partial charge is 0.140 e. The van der Waals surface area contributed by atoms with Crippen molar-refractivity contribution in [3.8, 4) is 6.07 Å². The van der Waals surface area contributed by atoms with Gasteiger partial charge in [-0.1, -0.05) is 50.2 Å². The van der Waals surface area contributed by atoms with E-state index < -0.39 is 0 Å². The fraction of sp³-hybridized carbons (Fsp3) is 0.235. The largest absolute Gasteiger partial charge is 0.365 e. The number of nitriles is 1. The van der Waals surface area contributed by atoms with Crippen molar-refractivity contribution in [3.05, 3.63) is 64.1 Å². The topological polar surface area (TPSA) is 35.8 Å². The Morgan fingerprint density at radius 1 is 1.00 bits per heavy atom. The van der Waals surface area contributed by atoms with Crippen LogP contribution in [0.15, 0.2) is 53.0 Å². The quantitative estimate of drug-likeness (QED) is 0.831. The van der Waals surface area contributed by atoms with E-state index in [4.69, 9.17) is 0 Å². The van der Waals surface area contributed by atoms with E-state index in [1.165, 1.54) is 5.56 Å². The summed E-state index contributed by atoms with van der Waals surface area (Å²) in [7, 11) is 0. The molecule has 0 fully saturated rings. The number of para-hydroxylation sites is 1. The molecule has 0 radical (unpaired) electrons. The summed E-state index contributed by atoms with van der Waals surface area (Å²) in [6.07, 6.45) is 0. The second-order valence-electron chi connectivity index (χ2n) is 5.01. The van der Waals surface area contributed by atoms with E-state index in [9.17, 15) is 5.26 Å². The SMILES string of the molecule is CC(C)c1ccc(C(C#N)Nc2ccccc2Br)cc1. The second-order valence-corrected chi connectivity index (χ2v) is 5.86. The van der Waals surface area contributed by atoms with E-state index in [1.54, 1.807) is 0 Å². The van der Waals surface area contributed by atoms with E-state index in [2.05, 4.69) is 53.3 Å². The predicted octanol–water partition coefficient (Wildman–Crippen LogP) is 5.25. The van der Waals surface area contributed by atoms with Gasteiger partial charge in [-0.2, -0.15) is 5.26 Å². The first-order valence-electron chi connectivity index (χ1n) is 6.62. The molecule has 1 N–H and O–H groups in total. The molecule has 3 heteroatoms. The number of anilines is 1. The van der Waals surface area contributed by atoms with Crippen molar-refractivity contribution in [1.29, 1.82) is 5.26 Å². The molecule has 2 rings (SSSR count). The Kier molecular flexibility index (Phi) is 4.81. The summed E-state index contributed by atoms with van der Waals surface area (Å²) in [5.41, 5.74) is 3.19. The van der Waals surface area contributed by atoms with Gasteiger partial charge in [-0.15, -0.1) is 0 Å². The number of hydrogen-bond acceptors (Lipinski definition) is 2. The van der Waals surface area contributed by atoms with Crippen LogP contribution in [0.2, 0.25) is 0 Å². The van der Waals surface area contributed by atoms with Gasteiger partial charge >= 0.3 is 0 Å². The van der Waals surface area contributed by atoms with Crippen molar-refractivity contribution < 1.29 is 0 Å². The van der Waals surface area contributed by atoms with Crippen molar-refractivity contribution >= 4 is 21.6 Å². The minimum Gasteiger partial charge on any atom is -0.365 e. The summed E-state index contributed by atoms with van der Waals surface area (Å²) in [5, 5.41) is 12.6. The van der Waals surface area contributed by atoms with Crippen molar-refractivity contribution in [2.75, 3.05) is 5.32 Å². The normalized spacial score (nSPS) is 11.9. The highest BCUT2D eigenvalue weighted by Crippen LogP contribution is 2.26. The number of hydrogen-bond donors (Lipinski definition) is 1. The second kappa shape index (κ2) is 6.58. The number of nitrogens with one attached hydrogen (secondary N) is 1. The van der Waals surface area contributed by atoms with Crippen LogP contribution in [0.25, 0.3) is 0 Å². The molecule has 0 aliphatic rings. The van der Waals surface area contributed by atoms with Gasteiger partial charge in [-0.3, -0.25) is 0 Å². The van der Waals surface area contributed by atoms with Gasteiger partial charge in [0.15, 0.2) is 0 Å². The monoisotopic (exact) mass is 328 g/mol. The lowest BCUT2D eigenvalue weighted by atomic mass is 9.99. The summed E-state index contributed by atoms with van der Waals surface area (Å²) in [6.45, 7) is 4.33. The van der Waals surface area contributed by atoms with Gasteiger partial charge in [-0.05, 0) is 45.1 Å². The van der Waals surface area contributed by atoms with Gasteiger partial charge in [0.1, 0.15) is 6.04 Å². The number of rotatable bonds is 4. The third kappa shape index (κ3) is 3.40. The Hall–Kier alpha value is -1.79. The molecule has 0 spiro atoms. The first-order valence-corrected chi connectivity index (χ1v) is 7.41. The van der Waals surface area contributed by atoms with Crippen LogP contribution in [-0.4, -0.2) is 0 Å². The predicted molar refractivity (Wildman–Crippen MR) is 86.6 cm³/mol. The van der Waals surface area contributed by atoms with Crippen LogP contribution in [0.1, 0.15) is 36.9 Å². The minimum atomic E-state index is -0.352.